The molecule has 28 heavy (non-hydrogen) atoms. The van der Waals surface area contributed by atoms with E-state index in [0.717, 1.165) is 40.5 Å². The van der Waals surface area contributed by atoms with Crippen LogP contribution in [0.5, 0.6) is 0 Å². The van der Waals surface area contributed by atoms with Crippen molar-refractivity contribution in [1.82, 2.24) is 0 Å². The first-order valence-corrected chi connectivity index (χ1v) is 9.69. The maximum atomic E-state index is 9.21. The summed E-state index contributed by atoms with van der Waals surface area (Å²) in [6, 6.07) is 10.6. The first-order chi connectivity index (χ1) is 13.5. The summed E-state index contributed by atoms with van der Waals surface area (Å²) in [4.78, 5) is 6.84. The number of hydrogen-bond acceptors (Lipinski definition) is 3. The third-order valence-electron chi connectivity index (χ3n) is 6.93. The summed E-state index contributed by atoms with van der Waals surface area (Å²) in [5.74, 6) is 3.77. The third kappa shape index (κ3) is 2.22. The van der Waals surface area contributed by atoms with Gasteiger partial charge in [0, 0.05) is 17.3 Å². The molecule has 5 aliphatic rings. The zero-order valence-corrected chi connectivity index (χ0v) is 15.9. The summed E-state index contributed by atoms with van der Waals surface area (Å²) in [5.41, 5.74) is 2.04. The van der Waals surface area contributed by atoms with E-state index < -0.39 is 5.60 Å². The number of benzene rings is 1. The van der Waals surface area contributed by atoms with Crippen LogP contribution in [0.4, 0.5) is 5.69 Å². The number of allylic oxidation sites excluding steroid dienone is 1. The van der Waals surface area contributed by atoms with Gasteiger partial charge in [0.25, 0.3) is 5.70 Å². The molecule has 1 aliphatic heterocycles. The second kappa shape index (κ2) is 5.63. The van der Waals surface area contributed by atoms with Crippen LogP contribution in [0.1, 0.15) is 32.3 Å². The van der Waals surface area contributed by atoms with Crippen molar-refractivity contribution in [2.75, 3.05) is 5.32 Å². The number of nitrogens with zero attached hydrogens (tertiary/aromatic N) is 3. The Morgan fingerprint density at radius 3 is 2.39 bits per heavy atom. The minimum absolute atomic E-state index is 0.0974. The maximum absolute atomic E-state index is 9.21. The number of rotatable bonds is 3. The highest BCUT2D eigenvalue weighted by molar-refractivity contribution is 5.82. The Hall–Kier alpha value is -3.23. The molecular formula is C23H20N4O. The van der Waals surface area contributed by atoms with E-state index >= 15 is 0 Å². The second-order valence-corrected chi connectivity index (χ2v) is 8.73. The summed E-state index contributed by atoms with van der Waals surface area (Å²) in [6.07, 6.45) is 2.80. The molecule has 3 unspecified atom stereocenters. The molecule has 6 rings (SSSR count). The van der Waals surface area contributed by atoms with Crippen molar-refractivity contribution in [3.05, 3.63) is 69.8 Å². The van der Waals surface area contributed by atoms with Crippen molar-refractivity contribution in [2.24, 2.45) is 23.7 Å². The molecule has 1 heterocycles. The molecule has 0 radical (unpaired) electrons. The Balaban J connectivity index is 1.47. The van der Waals surface area contributed by atoms with E-state index in [1.807, 2.05) is 32.0 Å². The average molecular weight is 368 g/mol. The standard InChI is InChI=1S/C23H20N4O/c1-23(2)19(21(26-4)22(28-23)17(11-24)25-3)12-5-7-14(8-6-12)27-20-13-9-15-16(10-13)18(15)20/h5-8,13,15-16,18,20,27H,9-10H2,1-2H3/b22-17+. The molecule has 5 nitrogen and oxygen atoms in total. The zero-order chi connectivity index (χ0) is 19.6. The van der Waals surface area contributed by atoms with E-state index in [-0.39, 0.29) is 17.2 Å². The number of anilines is 1. The number of ether oxygens (including phenoxy) is 1. The summed E-state index contributed by atoms with van der Waals surface area (Å²) in [6.45, 7) is 18.5. The number of nitriles is 1. The van der Waals surface area contributed by atoms with E-state index in [1.165, 1.54) is 12.8 Å². The number of nitrogens with one attached hydrogen (secondary N) is 1. The molecule has 5 heteroatoms. The van der Waals surface area contributed by atoms with E-state index in [0.29, 0.717) is 6.04 Å². The van der Waals surface area contributed by atoms with Crippen LogP contribution in [0.3, 0.4) is 0 Å². The molecule has 0 spiro atoms. The van der Waals surface area contributed by atoms with Crippen LogP contribution in [0.2, 0.25) is 0 Å². The molecule has 1 aromatic rings. The lowest BCUT2D eigenvalue weighted by molar-refractivity contribution is 0.109. The quantitative estimate of drug-likeness (QED) is 0.613. The fraction of sp³-hybridized carbons (Fsp3) is 0.435. The molecule has 0 aromatic heterocycles. The monoisotopic (exact) mass is 368 g/mol. The molecule has 4 bridgehead atoms. The minimum Gasteiger partial charge on any atom is -0.505 e. The first kappa shape index (κ1) is 16.9. The van der Waals surface area contributed by atoms with Crippen LogP contribution in [-0.4, -0.2) is 11.6 Å². The highest BCUT2D eigenvalue weighted by Gasteiger charge is 2.68. The number of hydrogen-bond donors (Lipinski definition) is 1. The van der Waals surface area contributed by atoms with Gasteiger partial charge in [-0.15, -0.1) is 0 Å². The van der Waals surface area contributed by atoms with E-state index in [4.69, 9.17) is 17.9 Å². The molecule has 138 valence electrons. The van der Waals surface area contributed by atoms with E-state index in [2.05, 4.69) is 27.1 Å². The summed E-state index contributed by atoms with van der Waals surface area (Å²) < 4.78 is 5.88. The lowest BCUT2D eigenvalue weighted by atomic mass is 9.91. The van der Waals surface area contributed by atoms with Crippen molar-refractivity contribution >= 4 is 11.3 Å². The molecular weight excluding hydrogens is 348 g/mol. The first-order valence-electron chi connectivity index (χ1n) is 9.69. The van der Waals surface area contributed by atoms with Gasteiger partial charge in [-0.2, -0.15) is 0 Å². The van der Waals surface area contributed by atoms with Gasteiger partial charge in [-0.05, 0) is 68.1 Å². The van der Waals surface area contributed by atoms with Gasteiger partial charge < -0.3 is 10.1 Å². The SMILES string of the molecule is [C-]#[N+]C1=C(c2ccc(NC3C4CC5C(C4)C53)cc2)C(C)(C)O/C1=C(\C#N)[N+]#[C-]. The predicted octanol–water partition coefficient (Wildman–Crippen LogP) is 4.85. The molecule has 0 saturated heterocycles. The van der Waals surface area contributed by atoms with Gasteiger partial charge in [0.2, 0.25) is 5.70 Å². The largest absolute Gasteiger partial charge is 0.505 e. The van der Waals surface area contributed by atoms with Crippen LogP contribution in [0.25, 0.3) is 15.3 Å². The highest BCUT2D eigenvalue weighted by Crippen LogP contribution is 2.70. The highest BCUT2D eigenvalue weighted by atomic mass is 16.5. The molecule has 4 saturated carbocycles. The normalized spacial score (nSPS) is 34.9. The van der Waals surface area contributed by atoms with Crippen molar-refractivity contribution < 1.29 is 4.74 Å². The maximum Gasteiger partial charge on any atom is 0.292 e. The molecule has 1 N–H and O–H groups in total. The van der Waals surface area contributed by atoms with Gasteiger partial charge >= 0.3 is 0 Å². The smallest absolute Gasteiger partial charge is 0.292 e. The van der Waals surface area contributed by atoms with Crippen molar-refractivity contribution in [3.63, 3.8) is 0 Å². The Morgan fingerprint density at radius 1 is 1.21 bits per heavy atom. The fourth-order valence-corrected chi connectivity index (χ4v) is 5.84. The third-order valence-corrected chi connectivity index (χ3v) is 6.93. The Kier molecular flexibility index (Phi) is 3.40. The van der Waals surface area contributed by atoms with Gasteiger partial charge in [0.15, 0.2) is 0 Å². The molecule has 1 aromatic carbocycles. The van der Waals surface area contributed by atoms with Gasteiger partial charge in [-0.1, -0.05) is 12.1 Å². The van der Waals surface area contributed by atoms with Crippen LogP contribution in [0.15, 0.2) is 41.4 Å². The average Bonchev–Trinajstić information content (AvgIpc) is 3.07. The van der Waals surface area contributed by atoms with Crippen molar-refractivity contribution in [1.29, 1.82) is 5.26 Å². The Morgan fingerprint density at radius 2 is 1.89 bits per heavy atom. The minimum atomic E-state index is -0.773. The molecule has 3 atom stereocenters. The predicted molar refractivity (Wildman–Crippen MR) is 105 cm³/mol. The molecule has 4 aliphatic carbocycles. The van der Waals surface area contributed by atoms with E-state index in [9.17, 15) is 5.26 Å². The Labute approximate surface area is 164 Å². The van der Waals surface area contributed by atoms with Crippen LogP contribution in [-0.2, 0) is 4.74 Å². The van der Waals surface area contributed by atoms with Crippen molar-refractivity contribution in [2.45, 2.75) is 38.3 Å². The summed E-state index contributed by atoms with van der Waals surface area (Å²) in [7, 11) is 0. The Bertz CT molecular complexity index is 1030. The lowest BCUT2D eigenvalue weighted by Gasteiger charge is -2.24. The molecule has 0 amide bonds. The van der Waals surface area contributed by atoms with Gasteiger partial charge in [-0.3, -0.25) is 0 Å². The topological polar surface area (TPSA) is 53.8 Å². The van der Waals surface area contributed by atoms with Crippen molar-refractivity contribution in [3.8, 4) is 6.07 Å². The van der Waals surface area contributed by atoms with Crippen LogP contribution in [0, 0.1) is 48.1 Å². The fourth-order valence-electron chi connectivity index (χ4n) is 5.84. The summed E-state index contributed by atoms with van der Waals surface area (Å²) in [5, 5.41) is 12.9. The summed E-state index contributed by atoms with van der Waals surface area (Å²) >= 11 is 0. The van der Waals surface area contributed by atoms with Gasteiger partial charge in [0.1, 0.15) is 11.4 Å². The van der Waals surface area contributed by atoms with E-state index in [1.54, 1.807) is 0 Å². The molecule has 4 fully saturated rings. The second-order valence-electron chi connectivity index (χ2n) is 8.73. The lowest BCUT2D eigenvalue weighted by Crippen LogP contribution is -2.23. The van der Waals surface area contributed by atoms with Gasteiger partial charge in [-0.25, -0.2) is 15.0 Å². The van der Waals surface area contributed by atoms with Crippen LogP contribution < -0.4 is 5.32 Å². The van der Waals surface area contributed by atoms with Gasteiger partial charge in [0.05, 0.1) is 19.2 Å². The zero-order valence-electron chi connectivity index (χ0n) is 15.9. The van der Waals surface area contributed by atoms with Crippen LogP contribution >= 0.6 is 0 Å².